The molecular weight excluding hydrogens is 278 g/mol. The van der Waals surface area contributed by atoms with E-state index < -0.39 is 26.8 Å². The fourth-order valence-electron chi connectivity index (χ4n) is 1.12. The second-order valence-corrected chi connectivity index (χ2v) is 5.40. The zero-order valence-corrected chi connectivity index (χ0v) is 9.77. The highest BCUT2D eigenvalue weighted by molar-refractivity contribution is 7.95. The average Bonchev–Trinajstić information content (AvgIpc) is 2.44. The smallest absolute Gasteiger partial charge is 0.330 e. The molecule has 0 aromatic carbocycles. The molecule has 0 unspecified atom stereocenters. The van der Waals surface area contributed by atoms with Crippen molar-refractivity contribution >= 4 is 20.8 Å². The first kappa shape index (κ1) is 12.1. The minimum atomic E-state index is -4.78. The molecule has 12 heteroatoms. The van der Waals surface area contributed by atoms with Crippen molar-refractivity contribution in [3.8, 4) is 6.01 Å². The van der Waals surface area contributed by atoms with Gasteiger partial charge in [0.1, 0.15) is 0 Å². The molecule has 0 saturated heterocycles. The quantitative estimate of drug-likeness (QED) is 0.635. The van der Waals surface area contributed by atoms with E-state index in [0.29, 0.717) is 4.73 Å². The van der Waals surface area contributed by atoms with E-state index in [-0.39, 0.29) is 18.7 Å². The van der Waals surface area contributed by atoms with Crippen molar-refractivity contribution in [2.24, 2.45) is 5.73 Å². The van der Waals surface area contributed by atoms with Crippen LogP contribution in [0, 0.1) is 0 Å². The van der Waals surface area contributed by atoms with Gasteiger partial charge in [0.25, 0.3) is 0 Å². The first-order valence-electron chi connectivity index (χ1n) is 4.20. The summed E-state index contributed by atoms with van der Waals surface area (Å²) in [6, 6.07) is -0.575. The summed E-state index contributed by atoms with van der Waals surface area (Å²) in [6.45, 7) is 0.183. The molecule has 0 amide bonds. The Kier molecular flexibility index (Phi) is 2.73. The maximum atomic E-state index is 11.1. The van der Waals surface area contributed by atoms with Crippen LogP contribution in [0.4, 0.5) is 0 Å². The lowest BCUT2D eigenvalue weighted by atomic mass is 10.3. The molecule has 2 rings (SSSR count). The van der Waals surface area contributed by atoms with Crippen LogP contribution < -0.4 is 14.2 Å². The Labute approximate surface area is 96.5 Å². The molecule has 0 aliphatic carbocycles. The molecular formula is C5H7N3O7S2. The molecule has 0 bridgehead atoms. The molecule has 0 radical (unpaired) electrons. The van der Waals surface area contributed by atoms with Crippen LogP contribution in [-0.2, 0) is 30.8 Å². The molecule has 0 saturated carbocycles. The van der Waals surface area contributed by atoms with Crippen LogP contribution >= 0.6 is 0 Å². The number of aromatic nitrogens is 2. The third kappa shape index (κ3) is 2.49. The number of nitrogens with two attached hydrogens (primary N) is 1. The van der Waals surface area contributed by atoms with Crippen molar-refractivity contribution in [3.05, 3.63) is 11.9 Å². The van der Waals surface area contributed by atoms with Gasteiger partial charge in [0, 0.05) is 6.42 Å². The Hall–Kier alpha value is -1.37. The van der Waals surface area contributed by atoms with E-state index in [1.807, 2.05) is 0 Å². The highest BCUT2D eigenvalue weighted by Gasteiger charge is 2.35. The molecule has 0 spiro atoms. The summed E-state index contributed by atoms with van der Waals surface area (Å²) in [5.41, 5.74) is 5.50. The van der Waals surface area contributed by atoms with Gasteiger partial charge < -0.3 is 9.92 Å². The lowest BCUT2D eigenvalue weighted by Gasteiger charge is -2.03. The van der Waals surface area contributed by atoms with Gasteiger partial charge in [-0.2, -0.15) is 21.8 Å². The molecule has 2 N–H and O–H groups in total. The number of rotatable bonds is 2. The molecule has 1 aliphatic rings. The summed E-state index contributed by atoms with van der Waals surface area (Å²) in [4.78, 5) is 3.53. The van der Waals surface area contributed by atoms with Crippen LogP contribution in [0.2, 0.25) is 0 Å². The standard InChI is InChI=1S/C5H7N3O7S2/c6-2-1-4-3-7-5-8(4)14-17(11,12)15-16(9,10)13-5/h3H,1-2,6H2. The number of nitrogens with zero attached hydrogens (tertiary/aromatic N) is 2. The van der Waals surface area contributed by atoms with Crippen molar-refractivity contribution in [1.82, 2.24) is 9.71 Å². The Morgan fingerprint density at radius 1 is 1.29 bits per heavy atom. The molecule has 1 aromatic rings. The maximum absolute atomic E-state index is 11.1. The van der Waals surface area contributed by atoms with E-state index in [2.05, 4.69) is 17.1 Å². The zero-order chi connectivity index (χ0) is 12.7. The number of hydrogen-bond acceptors (Lipinski definition) is 9. The van der Waals surface area contributed by atoms with E-state index in [0.717, 1.165) is 0 Å². The van der Waals surface area contributed by atoms with Gasteiger partial charge >= 0.3 is 26.8 Å². The molecule has 1 aliphatic heterocycles. The van der Waals surface area contributed by atoms with Crippen LogP contribution in [0.3, 0.4) is 0 Å². The maximum Gasteiger partial charge on any atom is 0.485 e. The highest BCUT2D eigenvalue weighted by Crippen LogP contribution is 2.20. The van der Waals surface area contributed by atoms with Crippen molar-refractivity contribution < 1.29 is 28.9 Å². The predicted molar refractivity (Wildman–Crippen MR) is 51.1 cm³/mol. The summed E-state index contributed by atoms with van der Waals surface area (Å²) in [6.07, 6.45) is 1.39. The molecule has 96 valence electrons. The van der Waals surface area contributed by atoms with Crippen LogP contribution in [0.15, 0.2) is 6.20 Å². The van der Waals surface area contributed by atoms with Crippen LogP contribution in [0.1, 0.15) is 5.69 Å². The van der Waals surface area contributed by atoms with Crippen LogP contribution in [-0.4, -0.2) is 33.1 Å². The van der Waals surface area contributed by atoms with Crippen molar-refractivity contribution in [2.45, 2.75) is 6.42 Å². The summed E-state index contributed by atoms with van der Waals surface area (Å²) in [5, 5.41) is 0. The second kappa shape index (κ2) is 3.83. The van der Waals surface area contributed by atoms with Crippen molar-refractivity contribution in [2.75, 3.05) is 6.54 Å². The summed E-state index contributed by atoms with van der Waals surface area (Å²) < 4.78 is 57.2. The first-order valence-corrected chi connectivity index (χ1v) is 6.87. The van der Waals surface area contributed by atoms with Gasteiger partial charge in [-0.3, -0.25) is 4.28 Å². The topological polar surface area (TPSA) is 140 Å². The third-order valence-electron chi connectivity index (χ3n) is 1.67. The lowest BCUT2D eigenvalue weighted by Crippen LogP contribution is -2.23. The van der Waals surface area contributed by atoms with Crippen molar-refractivity contribution in [3.63, 3.8) is 0 Å². The zero-order valence-electron chi connectivity index (χ0n) is 8.14. The molecule has 1 aromatic heterocycles. The van der Waals surface area contributed by atoms with E-state index >= 15 is 0 Å². The third-order valence-corrected chi connectivity index (χ3v) is 3.69. The monoisotopic (exact) mass is 285 g/mol. The van der Waals surface area contributed by atoms with E-state index in [4.69, 9.17) is 5.73 Å². The van der Waals surface area contributed by atoms with Crippen molar-refractivity contribution in [1.29, 1.82) is 0 Å². The van der Waals surface area contributed by atoms with Gasteiger partial charge in [-0.15, -0.1) is 4.73 Å². The Morgan fingerprint density at radius 3 is 2.65 bits per heavy atom. The van der Waals surface area contributed by atoms with Gasteiger partial charge in [0.15, 0.2) is 0 Å². The number of imidazole rings is 1. The summed E-state index contributed by atoms with van der Waals surface area (Å²) >= 11 is 0. The number of fused-ring (bicyclic) bond motifs is 1. The van der Waals surface area contributed by atoms with Gasteiger partial charge in [0.05, 0.1) is 11.9 Å². The molecule has 2 heterocycles. The first-order chi connectivity index (χ1) is 7.83. The summed E-state index contributed by atoms with van der Waals surface area (Å²) in [5.74, 6) is 0. The fraction of sp³-hybridized carbons (Fsp3) is 0.400. The minimum absolute atomic E-state index is 0.183. The van der Waals surface area contributed by atoms with Crippen LogP contribution in [0.5, 0.6) is 6.01 Å². The average molecular weight is 285 g/mol. The Bertz CT molecular complexity index is 630. The molecule has 10 nitrogen and oxygen atoms in total. The number of hydrogen-bond donors (Lipinski definition) is 1. The van der Waals surface area contributed by atoms with Gasteiger partial charge in [-0.1, -0.05) is 3.63 Å². The normalized spacial score (nSPS) is 20.8. The Morgan fingerprint density at radius 2 is 2.00 bits per heavy atom. The second-order valence-electron chi connectivity index (χ2n) is 2.91. The van der Waals surface area contributed by atoms with E-state index in [1.54, 1.807) is 0 Å². The lowest BCUT2D eigenvalue weighted by molar-refractivity contribution is 0.234. The minimum Gasteiger partial charge on any atom is -0.330 e. The molecule has 0 fully saturated rings. The van der Waals surface area contributed by atoms with E-state index in [9.17, 15) is 16.8 Å². The highest BCUT2D eigenvalue weighted by atomic mass is 32.3. The largest absolute Gasteiger partial charge is 0.485 e. The van der Waals surface area contributed by atoms with Gasteiger partial charge in [-0.05, 0) is 6.54 Å². The molecule has 17 heavy (non-hydrogen) atoms. The SMILES string of the molecule is NCCc1cnc2n1OS(=O)(=O)OS(=O)(=O)O2. The van der Waals surface area contributed by atoms with Gasteiger partial charge in [0.2, 0.25) is 0 Å². The fourth-order valence-corrected chi connectivity index (χ4v) is 2.78. The van der Waals surface area contributed by atoms with Gasteiger partial charge in [-0.25, -0.2) is 0 Å². The molecule has 0 atom stereocenters. The van der Waals surface area contributed by atoms with Crippen LogP contribution in [0.25, 0.3) is 0 Å². The summed E-state index contributed by atoms with van der Waals surface area (Å²) in [7, 11) is -9.55. The van der Waals surface area contributed by atoms with E-state index in [1.165, 1.54) is 6.20 Å². The predicted octanol–water partition coefficient (Wildman–Crippen LogP) is -2.29. The Balaban J connectivity index is 2.54.